The van der Waals surface area contributed by atoms with Crippen molar-refractivity contribution in [2.45, 2.75) is 38.9 Å². The van der Waals surface area contributed by atoms with E-state index in [0.29, 0.717) is 12.1 Å². The summed E-state index contributed by atoms with van der Waals surface area (Å²) in [4.78, 5) is 14.8. The van der Waals surface area contributed by atoms with Crippen LogP contribution in [0, 0.1) is 0 Å². The van der Waals surface area contributed by atoms with Gasteiger partial charge >= 0.3 is 6.18 Å². The molecule has 0 atom stereocenters. The third-order valence-corrected chi connectivity index (χ3v) is 6.44. The van der Waals surface area contributed by atoms with Gasteiger partial charge in [-0.05, 0) is 30.2 Å². The normalized spacial score (nSPS) is 14.0. The summed E-state index contributed by atoms with van der Waals surface area (Å²) in [6, 6.07) is 7.51. The van der Waals surface area contributed by atoms with Crippen LogP contribution in [-0.4, -0.2) is 35.8 Å². The molecule has 0 aliphatic carbocycles. The van der Waals surface area contributed by atoms with Gasteiger partial charge in [0.15, 0.2) is 5.69 Å². The first-order chi connectivity index (χ1) is 16.6. The minimum Gasteiger partial charge on any atom is -0.367 e. The standard InChI is InChI=1S/C25H26F3N7/c1-15(2)22-18(11-29-14-30-22)23-19-12-35(10-9-20(19)34(4)32-23)17-7-5-16(6-8-17)24-31-21(13-33(24)3)25(26,27)28/h5-8,11,13-15H,9-10,12H2,1-4H3. The highest BCUT2D eigenvalue weighted by atomic mass is 19.4. The second kappa shape index (κ2) is 8.51. The molecule has 182 valence electrons. The molecule has 3 aromatic heterocycles. The summed E-state index contributed by atoms with van der Waals surface area (Å²) in [5, 5.41) is 4.83. The Kier molecular flexibility index (Phi) is 5.61. The average molecular weight is 482 g/mol. The van der Waals surface area contributed by atoms with Crippen LogP contribution in [0.3, 0.4) is 0 Å². The van der Waals surface area contributed by atoms with Crippen LogP contribution in [0.15, 0.2) is 43.0 Å². The number of hydrogen-bond acceptors (Lipinski definition) is 5. The Balaban J connectivity index is 1.44. The van der Waals surface area contributed by atoms with E-state index in [4.69, 9.17) is 5.10 Å². The zero-order chi connectivity index (χ0) is 24.9. The third kappa shape index (κ3) is 4.17. The number of halogens is 3. The first-order valence-corrected chi connectivity index (χ1v) is 11.4. The molecule has 0 radical (unpaired) electrons. The maximum Gasteiger partial charge on any atom is 0.434 e. The number of nitrogens with zero attached hydrogens (tertiary/aromatic N) is 7. The largest absolute Gasteiger partial charge is 0.434 e. The van der Waals surface area contributed by atoms with Crippen LogP contribution in [0.2, 0.25) is 0 Å². The number of fused-ring (bicyclic) bond motifs is 1. The van der Waals surface area contributed by atoms with Crippen molar-refractivity contribution in [3.05, 3.63) is 65.6 Å². The average Bonchev–Trinajstić information content (AvgIpc) is 3.39. The van der Waals surface area contributed by atoms with Gasteiger partial charge in [0.2, 0.25) is 0 Å². The third-order valence-electron chi connectivity index (χ3n) is 6.44. The predicted molar refractivity (Wildman–Crippen MR) is 127 cm³/mol. The molecule has 4 aromatic rings. The van der Waals surface area contributed by atoms with Crippen molar-refractivity contribution in [3.63, 3.8) is 0 Å². The molecule has 0 bridgehead atoms. The Morgan fingerprint density at radius 1 is 1.06 bits per heavy atom. The fourth-order valence-corrected chi connectivity index (χ4v) is 4.70. The summed E-state index contributed by atoms with van der Waals surface area (Å²) in [6.07, 6.45) is 0.780. The van der Waals surface area contributed by atoms with Crippen molar-refractivity contribution in [1.82, 2.24) is 29.3 Å². The number of benzene rings is 1. The van der Waals surface area contributed by atoms with Gasteiger partial charge in [0.1, 0.15) is 17.8 Å². The van der Waals surface area contributed by atoms with E-state index in [1.165, 1.54) is 10.3 Å². The van der Waals surface area contributed by atoms with E-state index in [-0.39, 0.29) is 11.7 Å². The number of anilines is 1. The molecule has 35 heavy (non-hydrogen) atoms. The number of alkyl halides is 3. The summed E-state index contributed by atoms with van der Waals surface area (Å²) < 4.78 is 42.5. The Labute approximate surface area is 201 Å². The van der Waals surface area contributed by atoms with Crippen molar-refractivity contribution in [1.29, 1.82) is 0 Å². The van der Waals surface area contributed by atoms with Gasteiger partial charge in [-0.15, -0.1) is 0 Å². The zero-order valence-electron chi connectivity index (χ0n) is 20.0. The Bertz CT molecular complexity index is 1370. The number of rotatable bonds is 4. The fourth-order valence-electron chi connectivity index (χ4n) is 4.70. The summed E-state index contributed by atoms with van der Waals surface area (Å²) in [5.74, 6) is 0.520. The van der Waals surface area contributed by atoms with Crippen LogP contribution in [0.4, 0.5) is 18.9 Å². The molecule has 0 saturated carbocycles. The Hall–Kier alpha value is -3.69. The zero-order valence-corrected chi connectivity index (χ0v) is 20.0. The number of aryl methyl sites for hydroxylation is 2. The smallest absolute Gasteiger partial charge is 0.367 e. The lowest BCUT2D eigenvalue weighted by Crippen LogP contribution is -2.31. The van der Waals surface area contributed by atoms with Crippen LogP contribution in [0.5, 0.6) is 0 Å². The monoisotopic (exact) mass is 481 g/mol. The molecule has 1 aliphatic heterocycles. The van der Waals surface area contributed by atoms with Crippen LogP contribution >= 0.6 is 0 Å². The Morgan fingerprint density at radius 2 is 1.80 bits per heavy atom. The summed E-state index contributed by atoms with van der Waals surface area (Å²) in [5.41, 5.74) is 5.90. The Morgan fingerprint density at radius 3 is 2.46 bits per heavy atom. The summed E-state index contributed by atoms with van der Waals surface area (Å²) in [7, 11) is 3.54. The molecule has 0 unspecified atom stereocenters. The molecule has 4 heterocycles. The van der Waals surface area contributed by atoms with E-state index in [1.54, 1.807) is 13.4 Å². The van der Waals surface area contributed by atoms with Crippen molar-refractivity contribution in [2.75, 3.05) is 11.4 Å². The molecule has 7 nitrogen and oxygen atoms in total. The lowest BCUT2D eigenvalue weighted by atomic mass is 9.97. The number of aromatic nitrogens is 6. The molecule has 0 fully saturated rings. The highest BCUT2D eigenvalue weighted by molar-refractivity contribution is 5.68. The molecular formula is C25H26F3N7. The molecular weight excluding hydrogens is 455 g/mol. The van der Waals surface area contributed by atoms with E-state index in [1.807, 2.05) is 42.2 Å². The predicted octanol–water partition coefficient (Wildman–Crippen LogP) is 4.98. The maximum absolute atomic E-state index is 13.1. The van der Waals surface area contributed by atoms with E-state index in [2.05, 4.69) is 33.7 Å². The number of imidazole rings is 1. The van der Waals surface area contributed by atoms with Crippen molar-refractivity contribution < 1.29 is 13.2 Å². The number of hydrogen-bond donors (Lipinski definition) is 0. The molecule has 0 spiro atoms. The minimum absolute atomic E-state index is 0.238. The van der Waals surface area contributed by atoms with Gasteiger partial charge in [0, 0.05) is 74.1 Å². The van der Waals surface area contributed by atoms with E-state index in [9.17, 15) is 13.2 Å². The fraction of sp³-hybridized carbons (Fsp3) is 0.360. The van der Waals surface area contributed by atoms with E-state index >= 15 is 0 Å². The molecule has 1 aromatic carbocycles. The second-order valence-corrected chi connectivity index (χ2v) is 9.15. The molecule has 0 N–H and O–H groups in total. The van der Waals surface area contributed by atoms with Crippen LogP contribution < -0.4 is 4.90 Å². The van der Waals surface area contributed by atoms with Gasteiger partial charge in [0.05, 0.1) is 5.69 Å². The summed E-state index contributed by atoms with van der Waals surface area (Å²) in [6.45, 7) is 5.70. The molecule has 0 amide bonds. The maximum atomic E-state index is 13.1. The first kappa shape index (κ1) is 23.1. The van der Waals surface area contributed by atoms with Gasteiger partial charge in [-0.1, -0.05) is 13.8 Å². The van der Waals surface area contributed by atoms with Crippen LogP contribution in [-0.2, 0) is 33.2 Å². The molecule has 1 aliphatic rings. The van der Waals surface area contributed by atoms with Gasteiger partial charge < -0.3 is 9.47 Å². The van der Waals surface area contributed by atoms with Gasteiger partial charge in [-0.25, -0.2) is 15.0 Å². The molecule has 0 saturated heterocycles. The molecule has 5 rings (SSSR count). The van der Waals surface area contributed by atoms with Gasteiger partial charge in [0.25, 0.3) is 0 Å². The lowest BCUT2D eigenvalue weighted by Gasteiger charge is -2.30. The summed E-state index contributed by atoms with van der Waals surface area (Å²) >= 11 is 0. The SMILES string of the molecule is CC(C)c1ncncc1-c1nn(C)c2c1CN(c1ccc(-c3nc(C(F)(F)F)cn3C)cc1)CC2. The first-order valence-electron chi connectivity index (χ1n) is 11.4. The molecule has 10 heteroatoms. The minimum atomic E-state index is -4.47. The van der Waals surface area contributed by atoms with E-state index in [0.717, 1.165) is 47.4 Å². The van der Waals surface area contributed by atoms with Gasteiger partial charge in [-0.3, -0.25) is 4.68 Å². The second-order valence-electron chi connectivity index (χ2n) is 9.15. The van der Waals surface area contributed by atoms with Crippen LogP contribution in [0.25, 0.3) is 22.6 Å². The highest BCUT2D eigenvalue weighted by Crippen LogP contribution is 2.35. The lowest BCUT2D eigenvalue weighted by molar-refractivity contribution is -0.140. The van der Waals surface area contributed by atoms with E-state index < -0.39 is 11.9 Å². The highest BCUT2D eigenvalue weighted by Gasteiger charge is 2.34. The topological polar surface area (TPSA) is 64.7 Å². The van der Waals surface area contributed by atoms with Gasteiger partial charge in [-0.2, -0.15) is 18.3 Å². The van der Waals surface area contributed by atoms with Crippen LogP contribution in [0.1, 0.15) is 42.4 Å². The quantitative estimate of drug-likeness (QED) is 0.411. The van der Waals surface area contributed by atoms with Crippen molar-refractivity contribution >= 4 is 5.69 Å². The van der Waals surface area contributed by atoms with Crippen molar-refractivity contribution in [2.24, 2.45) is 14.1 Å². The van der Waals surface area contributed by atoms with Crippen molar-refractivity contribution in [3.8, 4) is 22.6 Å².